The van der Waals surface area contributed by atoms with Crippen LogP contribution in [0.4, 0.5) is 0 Å². The van der Waals surface area contributed by atoms with Crippen molar-refractivity contribution in [3.63, 3.8) is 0 Å². The van der Waals surface area contributed by atoms with Crippen LogP contribution in [0.2, 0.25) is 0 Å². The van der Waals surface area contributed by atoms with E-state index in [1.54, 1.807) is 0 Å². The molecule has 0 bridgehead atoms. The molecule has 0 aliphatic rings. The van der Waals surface area contributed by atoms with E-state index in [4.69, 9.17) is 0 Å². The molecule has 0 saturated carbocycles. The Balaban J connectivity index is 2.29. The normalized spacial score (nSPS) is 11.1. The van der Waals surface area contributed by atoms with E-state index in [9.17, 15) is 0 Å². The van der Waals surface area contributed by atoms with Crippen molar-refractivity contribution in [2.75, 3.05) is 6.54 Å². The lowest BCUT2D eigenvalue weighted by Crippen LogP contribution is -2.12. The summed E-state index contributed by atoms with van der Waals surface area (Å²) in [4.78, 5) is 0. The Morgan fingerprint density at radius 2 is 1.71 bits per heavy atom. The zero-order valence-electron chi connectivity index (χ0n) is 13.7. The third kappa shape index (κ3) is 4.44. The predicted molar refractivity (Wildman–Crippen MR) is 92.5 cm³/mol. The molecule has 2 rings (SSSR count). The van der Waals surface area contributed by atoms with Crippen LogP contribution in [0, 0.1) is 12.8 Å². The van der Waals surface area contributed by atoms with Gasteiger partial charge in [0.25, 0.3) is 0 Å². The lowest BCUT2D eigenvalue weighted by atomic mass is 9.95. The minimum Gasteiger partial charge on any atom is -0.313 e. The summed E-state index contributed by atoms with van der Waals surface area (Å²) in [5.74, 6) is 0.708. The first-order chi connectivity index (χ1) is 10.1. The topological polar surface area (TPSA) is 12.0 Å². The quantitative estimate of drug-likeness (QED) is 0.788. The molecule has 0 aromatic heterocycles. The van der Waals surface area contributed by atoms with Gasteiger partial charge in [0.15, 0.2) is 0 Å². The molecule has 0 aliphatic carbocycles. The number of benzene rings is 2. The average molecular weight is 281 g/mol. The van der Waals surface area contributed by atoms with E-state index in [-0.39, 0.29) is 0 Å². The maximum absolute atomic E-state index is 3.43. The van der Waals surface area contributed by atoms with Crippen molar-refractivity contribution in [3.8, 4) is 11.1 Å². The molecule has 0 spiro atoms. The number of nitrogens with one attached hydrogen (secondary N) is 1. The van der Waals surface area contributed by atoms with Gasteiger partial charge in [-0.1, -0.05) is 68.8 Å². The fraction of sp³-hybridized carbons (Fsp3) is 0.400. The van der Waals surface area contributed by atoms with Crippen LogP contribution in [-0.2, 0) is 13.0 Å². The average Bonchev–Trinajstić information content (AvgIpc) is 2.46. The zero-order chi connectivity index (χ0) is 15.2. The van der Waals surface area contributed by atoms with E-state index in [1.807, 2.05) is 0 Å². The Bertz CT molecular complexity index is 567. The number of rotatable bonds is 6. The van der Waals surface area contributed by atoms with Gasteiger partial charge in [0.1, 0.15) is 0 Å². The first-order valence-corrected chi connectivity index (χ1v) is 7.99. The Hall–Kier alpha value is -1.60. The summed E-state index contributed by atoms with van der Waals surface area (Å²) in [6.45, 7) is 10.8. The van der Waals surface area contributed by atoms with E-state index in [1.165, 1.54) is 27.8 Å². The minimum atomic E-state index is 0.708. The van der Waals surface area contributed by atoms with E-state index in [2.05, 4.69) is 75.5 Å². The molecule has 0 saturated heterocycles. The monoisotopic (exact) mass is 281 g/mol. The fourth-order valence-electron chi connectivity index (χ4n) is 2.66. The SMILES string of the molecule is CCNCc1ccc(C)cc1-c1ccc(CC(C)C)cc1. The molecule has 21 heavy (non-hydrogen) atoms. The first kappa shape index (κ1) is 15.8. The summed E-state index contributed by atoms with van der Waals surface area (Å²) in [5.41, 5.74) is 6.79. The molecule has 0 unspecified atom stereocenters. The second-order valence-corrected chi connectivity index (χ2v) is 6.24. The molecule has 0 atom stereocenters. The van der Waals surface area contributed by atoms with Crippen LogP contribution in [0.3, 0.4) is 0 Å². The summed E-state index contributed by atoms with van der Waals surface area (Å²) < 4.78 is 0. The van der Waals surface area contributed by atoms with Gasteiger partial charge in [-0.3, -0.25) is 0 Å². The van der Waals surface area contributed by atoms with Crippen LogP contribution in [0.15, 0.2) is 42.5 Å². The van der Waals surface area contributed by atoms with Crippen LogP contribution in [0.25, 0.3) is 11.1 Å². The molecular weight excluding hydrogens is 254 g/mol. The summed E-state index contributed by atoms with van der Waals surface area (Å²) in [6.07, 6.45) is 1.15. The van der Waals surface area contributed by atoms with Gasteiger partial charge in [-0.15, -0.1) is 0 Å². The highest BCUT2D eigenvalue weighted by molar-refractivity contribution is 5.68. The molecule has 1 heteroatoms. The van der Waals surface area contributed by atoms with Gasteiger partial charge >= 0.3 is 0 Å². The van der Waals surface area contributed by atoms with Crippen molar-refractivity contribution in [1.29, 1.82) is 0 Å². The summed E-state index contributed by atoms with van der Waals surface area (Å²) >= 11 is 0. The van der Waals surface area contributed by atoms with Crippen LogP contribution in [-0.4, -0.2) is 6.54 Å². The standard InChI is InChI=1S/C20H27N/c1-5-21-14-19-9-6-16(4)13-20(19)18-10-7-17(8-11-18)12-15(2)3/h6-11,13,15,21H,5,12,14H2,1-4H3. The van der Waals surface area contributed by atoms with Crippen LogP contribution < -0.4 is 5.32 Å². The smallest absolute Gasteiger partial charge is 0.0211 e. The van der Waals surface area contributed by atoms with Gasteiger partial charge < -0.3 is 5.32 Å². The maximum atomic E-state index is 3.43. The van der Waals surface area contributed by atoms with E-state index in [0.717, 1.165) is 19.5 Å². The number of hydrogen-bond acceptors (Lipinski definition) is 1. The van der Waals surface area contributed by atoms with Gasteiger partial charge in [-0.05, 0) is 48.1 Å². The van der Waals surface area contributed by atoms with Crippen molar-refractivity contribution in [3.05, 3.63) is 59.2 Å². The summed E-state index contributed by atoms with van der Waals surface area (Å²) in [7, 11) is 0. The van der Waals surface area contributed by atoms with Crippen molar-refractivity contribution in [2.45, 2.75) is 40.7 Å². The molecule has 1 N–H and O–H groups in total. The highest BCUT2D eigenvalue weighted by Gasteiger charge is 2.06. The van der Waals surface area contributed by atoms with Gasteiger partial charge in [0, 0.05) is 6.54 Å². The highest BCUT2D eigenvalue weighted by Crippen LogP contribution is 2.26. The maximum Gasteiger partial charge on any atom is 0.0211 e. The van der Waals surface area contributed by atoms with E-state index in [0.29, 0.717) is 5.92 Å². The summed E-state index contributed by atoms with van der Waals surface area (Å²) in [6, 6.07) is 15.8. The van der Waals surface area contributed by atoms with Gasteiger partial charge in [-0.2, -0.15) is 0 Å². The molecule has 112 valence electrons. The molecule has 2 aromatic rings. The molecule has 0 aliphatic heterocycles. The largest absolute Gasteiger partial charge is 0.313 e. The predicted octanol–water partition coefficient (Wildman–Crippen LogP) is 4.97. The van der Waals surface area contributed by atoms with Crippen molar-refractivity contribution < 1.29 is 0 Å². The second-order valence-electron chi connectivity index (χ2n) is 6.24. The van der Waals surface area contributed by atoms with Crippen molar-refractivity contribution >= 4 is 0 Å². The van der Waals surface area contributed by atoms with Crippen LogP contribution >= 0.6 is 0 Å². The Kier molecular flexibility index (Phi) is 5.58. The highest BCUT2D eigenvalue weighted by atomic mass is 14.8. The third-order valence-electron chi connectivity index (χ3n) is 3.74. The van der Waals surface area contributed by atoms with Crippen molar-refractivity contribution in [2.24, 2.45) is 5.92 Å². The number of aryl methyl sites for hydroxylation is 1. The Labute approximate surface area is 129 Å². The van der Waals surface area contributed by atoms with Crippen LogP contribution in [0.1, 0.15) is 37.5 Å². The number of hydrogen-bond donors (Lipinski definition) is 1. The Morgan fingerprint density at radius 3 is 2.33 bits per heavy atom. The molecule has 0 heterocycles. The molecule has 2 aromatic carbocycles. The Morgan fingerprint density at radius 1 is 1.00 bits per heavy atom. The van der Waals surface area contributed by atoms with Crippen LogP contribution in [0.5, 0.6) is 0 Å². The van der Waals surface area contributed by atoms with Crippen molar-refractivity contribution in [1.82, 2.24) is 5.32 Å². The lowest BCUT2D eigenvalue weighted by molar-refractivity contribution is 0.647. The molecule has 0 fully saturated rings. The van der Waals surface area contributed by atoms with Gasteiger partial charge in [-0.25, -0.2) is 0 Å². The molecular formula is C20H27N. The third-order valence-corrected chi connectivity index (χ3v) is 3.74. The molecule has 1 nitrogen and oxygen atoms in total. The molecule has 0 radical (unpaired) electrons. The van der Waals surface area contributed by atoms with Gasteiger partial charge in [0.05, 0.1) is 0 Å². The first-order valence-electron chi connectivity index (χ1n) is 7.99. The minimum absolute atomic E-state index is 0.708. The lowest BCUT2D eigenvalue weighted by Gasteiger charge is -2.12. The van der Waals surface area contributed by atoms with E-state index >= 15 is 0 Å². The zero-order valence-corrected chi connectivity index (χ0v) is 13.7. The van der Waals surface area contributed by atoms with E-state index < -0.39 is 0 Å². The molecule has 0 amide bonds. The fourth-order valence-corrected chi connectivity index (χ4v) is 2.66. The second kappa shape index (κ2) is 7.42. The summed E-state index contributed by atoms with van der Waals surface area (Å²) in [5, 5.41) is 3.43. The van der Waals surface area contributed by atoms with Gasteiger partial charge in [0.2, 0.25) is 0 Å².